The van der Waals surface area contributed by atoms with Gasteiger partial charge in [0.1, 0.15) is 5.69 Å². The van der Waals surface area contributed by atoms with Gasteiger partial charge in [-0.2, -0.15) is 0 Å². The van der Waals surface area contributed by atoms with Crippen molar-refractivity contribution in [3.63, 3.8) is 0 Å². The van der Waals surface area contributed by atoms with E-state index in [0.717, 1.165) is 19.4 Å². The molecule has 104 valence electrons. The highest BCUT2D eigenvalue weighted by atomic mass is 16.4. The molecule has 5 nitrogen and oxygen atoms in total. The molecule has 0 radical (unpaired) electrons. The van der Waals surface area contributed by atoms with E-state index in [2.05, 4.69) is 12.2 Å². The van der Waals surface area contributed by atoms with Gasteiger partial charge in [0.25, 0.3) is 5.91 Å². The number of nitrogens with zero attached hydrogens (tertiary/aromatic N) is 1. The van der Waals surface area contributed by atoms with Gasteiger partial charge in [0.05, 0.1) is 5.92 Å². The Balaban J connectivity index is 1.94. The number of hydrogen-bond donors (Lipinski definition) is 2. The first-order chi connectivity index (χ1) is 9.11. The Morgan fingerprint density at radius 2 is 2.26 bits per heavy atom. The fraction of sp³-hybridized carbons (Fsp3) is 0.571. The molecule has 2 N–H and O–H groups in total. The number of carbonyl (C=O) groups excluding carboxylic acids is 1. The highest BCUT2D eigenvalue weighted by Crippen LogP contribution is 2.25. The van der Waals surface area contributed by atoms with E-state index in [1.807, 2.05) is 16.8 Å². The Morgan fingerprint density at radius 1 is 1.47 bits per heavy atom. The summed E-state index contributed by atoms with van der Waals surface area (Å²) in [6, 6.07) is 3.65. The maximum Gasteiger partial charge on any atom is 0.306 e. The van der Waals surface area contributed by atoms with Crippen LogP contribution >= 0.6 is 0 Å². The van der Waals surface area contributed by atoms with Gasteiger partial charge in [-0.15, -0.1) is 0 Å². The van der Waals surface area contributed by atoms with Gasteiger partial charge >= 0.3 is 5.97 Å². The Kier molecular flexibility index (Phi) is 4.24. The molecule has 2 unspecified atom stereocenters. The molecule has 1 aromatic rings. The number of aromatic nitrogens is 1. The zero-order valence-electron chi connectivity index (χ0n) is 11.1. The van der Waals surface area contributed by atoms with Gasteiger partial charge < -0.3 is 15.0 Å². The zero-order valence-corrected chi connectivity index (χ0v) is 11.1. The molecule has 0 spiro atoms. The lowest BCUT2D eigenvalue weighted by Crippen LogP contribution is -2.34. The summed E-state index contributed by atoms with van der Waals surface area (Å²) in [5.41, 5.74) is 0.653. The number of carboxylic acid groups (broad SMARTS) is 1. The topological polar surface area (TPSA) is 71.3 Å². The van der Waals surface area contributed by atoms with Crippen LogP contribution in [0.15, 0.2) is 18.3 Å². The van der Waals surface area contributed by atoms with Gasteiger partial charge in [-0.3, -0.25) is 9.59 Å². The quantitative estimate of drug-likeness (QED) is 0.853. The largest absolute Gasteiger partial charge is 0.481 e. The molecule has 5 heteroatoms. The van der Waals surface area contributed by atoms with E-state index in [1.54, 1.807) is 6.07 Å². The Hall–Kier alpha value is -1.78. The summed E-state index contributed by atoms with van der Waals surface area (Å²) in [5.74, 6) is -1.17. The van der Waals surface area contributed by atoms with Crippen molar-refractivity contribution in [2.24, 2.45) is 5.92 Å². The molecule has 0 aromatic carbocycles. The third-order valence-electron chi connectivity index (χ3n) is 3.64. The van der Waals surface area contributed by atoms with Gasteiger partial charge in [-0.25, -0.2) is 0 Å². The lowest BCUT2D eigenvalue weighted by atomic mass is 10.1. The number of amides is 1. The standard InChI is InChI=1S/C14H20N2O3/c1-2-7-16-8-3-4-12(16)13(17)15-11-6-5-10(9-11)14(18)19/h3-4,8,10-11H,2,5-7,9H2,1H3,(H,15,17)(H,18,19). The van der Waals surface area contributed by atoms with Crippen molar-refractivity contribution < 1.29 is 14.7 Å². The second-order valence-corrected chi connectivity index (χ2v) is 5.11. The molecule has 1 heterocycles. The van der Waals surface area contributed by atoms with E-state index in [1.165, 1.54) is 0 Å². The van der Waals surface area contributed by atoms with E-state index in [0.29, 0.717) is 18.5 Å². The second-order valence-electron chi connectivity index (χ2n) is 5.11. The Bertz CT molecular complexity index is 467. The molecule has 0 saturated heterocycles. The van der Waals surface area contributed by atoms with Gasteiger partial charge in [0.15, 0.2) is 0 Å². The van der Waals surface area contributed by atoms with E-state index < -0.39 is 5.97 Å². The van der Waals surface area contributed by atoms with Crippen molar-refractivity contribution in [1.29, 1.82) is 0 Å². The van der Waals surface area contributed by atoms with E-state index in [9.17, 15) is 9.59 Å². The number of rotatable bonds is 5. The summed E-state index contributed by atoms with van der Waals surface area (Å²) in [5, 5.41) is 11.9. The van der Waals surface area contributed by atoms with Crippen molar-refractivity contribution in [1.82, 2.24) is 9.88 Å². The van der Waals surface area contributed by atoms with Crippen molar-refractivity contribution in [2.45, 2.75) is 45.2 Å². The number of carbonyl (C=O) groups is 2. The van der Waals surface area contributed by atoms with Crippen LogP contribution in [-0.4, -0.2) is 27.6 Å². The molecule has 2 rings (SSSR count). The first-order valence-electron chi connectivity index (χ1n) is 6.80. The van der Waals surface area contributed by atoms with Crippen LogP contribution < -0.4 is 5.32 Å². The van der Waals surface area contributed by atoms with Crippen LogP contribution in [-0.2, 0) is 11.3 Å². The molecule has 1 aliphatic carbocycles. The van der Waals surface area contributed by atoms with E-state index in [4.69, 9.17) is 5.11 Å². The molecular weight excluding hydrogens is 244 g/mol. The van der Waals surface area contributed by atoms with Crippen LogP contribution in [0.25, 0.3) is 0 Å². The molecule has 2 atom stereocenters. The average Bonchev–Trinajstić information content (AvgIpc) is 2.98. The highest BCUT2D eigenvalue weighted by Gasteiger charge is 2.30. The van der Waals surface area contributed by atoms with E-state index >= 15 is 0 Å². The molecule has 1 fully saturated rings. The molecule has 0 bridgehead atoms. The van der Waals surface area contributed by atoms with Gasteiger partial charge in [0.2, 0.25) is 0 Å². The van der Waals surface area contributed by atoms with Gasteiger partial charge in [0, 0.05) is 18.8 Å². The number of aryl methyl sites for hydroxylation is 1. The lowest BCUT2D eigenvalue weighted by Gasteiger charge is -2.14. The average molecular weight is 264 g/mol. The van der Waals surface area contributed by atoms with Gasteiger partial charge in [-0.1, -0.05) is 6.92 Å². The summed E-state index contributed by atoms with van der Waals surface area (Å²) in [6.07, 6.45) is 4.80. The normalized spacial score (nSPS) is 22.4. The molecule has 19 heavy (non-hydrogen) atoms. The Labute approximate surface area is 112 Å². The molecule has 1 amide bonds. The Morgan fingerprint density at radius 3 is 2.89 bits per heavy atom. The fourth-order valence-corrected chi connectivity index (χ4v) is 2.65. The van der Waals surface area contributed by atoms with Crippen molar-refractivity contribution in [3.05, 3.63) is 24.0 Å². The SMILES string of the molecule is CCCn1cccc1C(=O)NC1CCC(C(=O)O)C1. The third-order valence-corrected chi connectivity index (χ3v) is 3.64. The minimum atomic E-state index is -0.758. The molecule has 1 aromatic heterocycles. The van der Waals surface area contributed by atoms with Crippen LogP contribution in [0.4, 0.5) is 0 Å². The number of hydrogen-bond acceptors (Lipinski definition) is 2. The number of nitrogens with one attached hydrogen (secondary N) is 1. The van der Waals surface area contributed by atoms with Crippen molar-refractivity contribution in [3.8, 4) is 0 Å². The minimum Gasteiger partial charge on any atom is -0.481 e. The van der Waals surface area contributed by atoms with Crippen LogP contribution in [0.2, 0.25) is 0 Å². The highest BCUT2D eigenvalue weighted by molar-refractivity contribution is 5.93. The molecule has 1 saturated carbocycles. The van der Waals surface area contributed by atoms with Crippen LogP contribution in [0.1, 0.15) is 43.1 Å². The number of aliphatic carboxylic acids is 1. The maximum atomic E-state index is 12.2. The monoisotopic (exact) mass is 264 g/mol. The third kappa shape index (κ3) is 3.16. The first kappa shape index (κ1) is 13.6. The van der Waals surface area contributed by atoms with Crippen molar-refractivity contribution >= 4 is 11.9 Å². The number of carboxylic acids is 1. The summed E-state index contributed by atoms with van der Waals surface area (Å²) < 4.78 is 1.93. The summed E-state index contributed by atoms with van der Waals surface area (Å²) in [4.78, 5) is 23.0. The smallest absolute Gasteiger partial charge is 0.306 e. The van der Waals surface area contributed by atoms with Gasteiger partial charge in [-0.05, 0) is 37.8 Å². The van der Waals surface area contributed by atoms with Crippen LogP contribution in [0.5, 0.6) is 0 Å². The van der Waals surface area contributed by atoms with Crippen LogP contribution in [0, 0.1) is 5.92 Å². The second kappa shape index (κ2) is 5.91. The summed E-state index contributed by atoms with van der Waals surface area (Å²) in [7, 11) is 0. The summed E-state index contributed by atoms with van der Waals surface area (Å²) in [6.45, 7) is 2.88. The first-order valence-corrected chi connectivity index (χ1v) is 6.80. The molecule has 0 aliphatic heterocycles. The van der Waals surface area contributed by atoms with Crippen molar-refractivity contribution in [2.75, 3.05) is 0 Å². The summed E-state index contributed by atoms with van der Waals surface area (Å²) >= 11 is 0. The fourth-order valence-electron chi connectivity index (χ4n) is 2.65. The predicted octanol–water partition coefficient (Wildman–Crippen LogP) is 1.88. The molecular formula is C14H20N2O3. The molecule has 1 aliphatic rings. The van der Waals surface area contributed by atoms with Crippen LogP contribution in [0.3, 0.4) is 0 Å². The maximum absolute atomic E-state index is 12.2. The van der Waals surface area contributed by atoms with E-state index in [-0.39, 0.29) is 17.9 Å². The zero-order chi connectivity index (χ0) is 13.8. The minimum absolute atomic E-state index is 0.0152. The lowest BCUT2D eigenvalue weighted by molar-refractivity contribution is -0.141. The predicted molar refractivity (Wildman–Crippen MR) is 71.0 cm³/mol.